The molecule has 1 heterocycles. The van der Waals surface area contributed by atoms with E-state index < -0.39 is 12.6 Å². The number of rotatable bonds is 8. The lowest BCUT2D eigenvalue weighted by Crippen LogP contribution is -2.05. The predicted molar refractivity (Wildman–Crippen MR) is 91.5 cm³/mol. The highest BCUT2D eigenvalue weighted by Gasteiger charge is 2.26. The Bertz CT molecular complexity index is 769. The summed E-state index contributed by atoms with van der Waals surface area (Å²) in [5.41, 5.74) is 7.58. The molecule has 0 bridgehead atoms. The van der Waals surface area contributed by atoms with Crippen molar-refractivity contribution in [3.8, 4) is 28.4 Å². The third-order valence-electron chi connectivity index (χ3n) is 3.92. The van der Waals surface area contributed by atoms with E-state index >= 15 is 0 Å². The van der Waals surface area contributed by atoms with Gasteiger partial charge in [-0.1, -0.05) is 0 Å². The second kappa shape index (κ2) is 7.91. The van der Waals surface area contributed by atoms with Crippen molar-refractivity contribution in [1.29, 1.82) is 0 Å². The Morgan fingerprint density at radius 1 is 1.16 bits per heavy atom. The van der Waals surface area contributed by atoms with Crippen molar-refractivity contribution in [2.24, 2.45) is 5.73 Å². The van der Waals surface area contributed by atoms with E-state index in [0.717, 1.165) is 0 Å². The van der Waals surface area contributed by atoms with E-state index in [0.29, 0.717) is 47.0 Å². The fourth-order valence-electron chi connectivity index (χ4n) is 2.89. The predicted octanol–water partition coefficient (Wildman–Crippen LogP) is 1.40. The minimum absolute atomic E-state index is 0.0715. The Morgan fingerprint density at radius 3 is 2.32 bits per heavy atom. The van der Waals surface area contributed by atoms with Crippen molar-refractivity contribution in [2.75, 3.05) is 27.9 Å². The number of aromatic carboxylic acids is 1. The minimum atomic E-state index is -1.16. The number of hydrogen-bond acceptors (Lipinski definition) is 6. The topological polar surface area (TPSA) is 127 Å². The first-order chi connectivity index (χ1) is 12.0. The normalized spacial score (nSPS) is 10.6. The van der Waals surface area contributed by atoms with Gasteiger partial charge < -0.3 is 35.1 Å². The summed E-state index contributed by atoms with van der Waals surface area (Å²) in [6.45, 7) is -0.136. The van der Waals surface area contributed by atoms with Crippen molar-refractivity contribution < 1.29 is 29.2 Å². The number of aromatic amines is 1. The summed E-state index contributed by atoms with van der Waals surface area (Å²) >= 11 is 0. The van der Waals surface area contributed by atoms with Crippen LogP contribution in [0.1, 0.15) is 21.7 Å². The van der Waals surface area contributed by atoms with Gasteiger partial charge in [-0.2, -0.15) is 0 Å². The van der Waals surface area contributed by atoms with Gasteiger partial charge in [-0.05, 0) is 18.7 Å². The van der Waals surface area contributed by atoms with Crippen LogP contribution in [-0.4, -0.2) is 49.0 Å². The lowest BCUT2D eigenvalue weighted by molar-refractivity contribution is 0.0687. The number of carboxylic acids is 1. The summed E-state index contributed by atoms with van der Waals surface area (Å²) in [5.74, 6) is 0.0740. The molecule has 2 rings (SSSR count). The maximum Gasteiger partial charge on any atom is 0.352 e. The fourth-order valence-corrected chi connectivity index (χ4v) is 2.89. The summed E-state index contributed by atoms with van der Waals surface area (Å²) in [7, 11) is 4.47. The Balaban J connectivity index is 2.83. The Kier molecular flexibility index (Phi) is 5.89. The van der Waals surface area contributed by atoms with E-state index in [4.69, 9.17) is 19.9 Å². The molecule has 0 aliphatic rings. The van der Waals surface area contributed by atoms with Gasteiger partial charge in [0.1, 0.15) is 5.69 Å². The largest absolute Gasteiger partial charge is 0.493 e. The molecule has 0 saturated heterocycles. The molecule has 0 saturated carbocycles. The van der Waals surface area contributed by atoms with Gasteiger partial charge >= 0.3 is 5.97 Å². The molecule has 0 aliphatic carbocycles. The SMILES string of the molecule is COc1ccc(-c2c(CCN)[nH]c(C(=O)O)c2CO)c(OC)c1OC. The van der Waals surface area contributed by atoms with Crippen molar-refractivity contribution in [2.45, 2.75) is 13.0 Å². The molecular formula is C17H22N2O6. The van der Waals surface area contributed by atoms with Crippen molar-refractivity contribution in [3.63, 3.8) is 0 Å². The molecule has 8 heteroatoms. The zero-order valence-corrected chi connectivity index (χ0v) is 14.4. The van der Waals surface area contributed by atoms with Crippen LogP contribution in [0.4, 0.5) is 0 Å². The highest BCUT2D eigenvalue weighted by atomic mass is 16.5. The zero-order chi connectivity index (χ0) is 18.6. The van der Waals surface area contributed by atoms with Crippen LogP contribution in [0.15, 0.2) is 12.1 Å². The van der Waals surface area contributed by atoms with Crippen molar-refractivity contribution in [3.05, 3.63) is 29.1 Å². The number of carbonyl (C=O) groups is 1. The van der Waals surface area contributed by atoms with Crippen molar-refractivity contribution in [1.82, 2.24) is 4.98 Å². The number of aromatic nitrogens is 1. The molecule has 0 radical (unpaired) electrons. The summed E-state index contributed by atoms with van der Waals surface area (Å²) in [6.07, 6.45) is 0.410. The Hall–Kier alpha value is -2.71. The molecule has 8 nitrogen and oxygen atoms in total. The van der Waals surface area contributed by atoms with Crippen LogP contribution in [0, 0.1) is 0 Å². The van der Waals surface area contributed by atoms with Gasteiger partial charge in [-0.15, -0.1) is 0 Å². The quantitative estimate of drug-likeness (QED) is 0.567. The van der Waals surface area contributed by atoms with Crippen LogP contribution in [-0.2, 0) is 13.0 Å². The van der Waals surface area contributed by atoms with Crippen LogP contribution < -0.4 is 19.9 Å². The third-order valence-corrected chi connectivity index (χ3v) is 3.92. The average molecular weight is 350 g/mol. The van der Waals surface area contributed by atoms with Gasteiger partial charge in [0, 0.05) is 28.8 Å². The molecule has 136 valence electrons. The van der Waals surface area contributed by atoms with Crippen LogP contribution in [0.2, 0.25) is 0 Å². The maximum absolute atomic E-state index is 11.5. The van der Waals surface area contributed by atoms with Crippen LogP contribution in [0.5, 0.6) is 17.2 Å². The molecule has 0 aliphatic heterocycles. The van der Waals surface area contributed by atoms with Crippen LogP contribution in [0.3, 0.4) is 0 Å². The number of aliphatic hydroxyl groups excluding tert-OH is 1. The van der Waals surface area contributed by atoms with E-state index in [9.17, 15) is 15.0 Å². The summed E-state index contributed by atoms with van der Waals surface area (Å²) in [4.78, 5) is 14.4. The van der Waals surface area contributed by atoms with Gasteiger partial charge in [0.15, 0.2) is 11.5 Å². The van der Waals surface area contributed by atoms with E-state index in [-0.39, 0.29) is 11.3 Å². The molecule has 0 unspecified atom stereocenters. The molecule has 1 aromatic carbocycles. The molecule has 0 atom stereocenters. The van der Waals surface area contributed by atoms with Crippen LogP contribution in [0.25, 0.3) is 11.1 Å². The molecule has 0 amide bonds. The first-order valence-electron chi connectivity index (χ1n) is 7.61. The van der Waals surface area contributed by atoms with Gasteiger partial charge in [0.2, 0.25) is 5.75 Å². The summed E-state index contributed by atoms with van der Waals surface area (Å²) in [6, 6.07) is 3.42. The number of nitrogens with one attached hydrogen (secondary N) is 1. The summed E-state index contributed by atoms with van der Waals surface area (Å²) in [5, 5.41) is 19.2. The monoisotopic (exact) mass is 350 g/mol. The zero-order valence-electron chi connectivity index (χ0n) is 14.4. The molecule has 2 aromatic rings. The minimum Gasteiger partial charge on any atom is -0.493 e. The highest BCUT2D eigenvalue weighted by molar-refractivity contribution is 5.93. The van der Waals surface area contributed by atoms with E-state index in [1.165, 1.54) is 21.3 Å². The smallest absolute Gasteiger partial charge is 0.352 e. The molecule has 0 spiro atoms. The Morgan fingerprint density at radius 2 is 1.84 bits per heavy atom. The first kappa shape index (κ1) is 18.6. The number of ether oxygens (including phenoxy) is 3. The van der Waals surface area contributed by atoms with E-state index in [1.54, 1.807) is 12.1 Å². The number of carboxylic acid groups (broad SMARTS) is 1. The maximum atomic E-state index is 11.5. The fraction of sp³-hybridized carbons (Fsp3) is 0.353. The Labute approximate surface area is 145 Å². The number of nitrogens with two attached hydrogens (primary N) is 1. The number of H-pyrrole nitrogens is 1. The average Bonchev–Trinajstić information content (AvgIpc) is 2.98. The number of hydrogen-bond donors (Lipinski definition) is 4. The second-order valence-corrected chi connectivity index (χ2v) is 5.22. The molecule has 0 fully saturated rings. The van der Waals surface area contributed by atoms with E-state index in [1.807, 2.05) is 0 Å². The van der Waals surface area contributed by atoms with Gasteiger partial charge in [-0.25, -0.2) is 4.79 Å². The highest BCUT2D eigenvalue weighted by Crippen LogP contribution is 2.46. The second-order valence-electron chi connectivity index (χ2n) is 5.22. The number of aliphatic hydroxyl groups is 1. The first-order valence-corrected chi connectivity index (χ1v) is 7.61. The standard InChI is InChI=1S/C17H22N2O6/c1-23-12-5-4-9(15(24-2)16(12)25-3)13-10(8-20)14(17(21)22)19-11(13)6-7-18/h4-5,19-20H,6-8,18H2,1-3H3,(H,21,22). The lowest BCUT2D eigenvalue weighted by Gasteiger charge is -2.17. The van der Waals surface area contributed by atoms with Gasteiger partial charge in [0.25, 0.3) is 0 Å². The van der Waals surface area contributed by atoms with Gasteiger partial charge in [0.05, 0.1) is 27.9 Å². The molecular weight excluding hydrogens is 328 g/mol. The summed E-state index contributed by atoms with van der Waals surface area (Å²) < 4.78 is 16.1. The molecule has 25 heavy (non-hydrogen) atoms. The lowest BCUT2D eigenvalue weighted by atomic mass is 9.97. The number of benzene rings is 1. The van der Waals surface area contributed by atoms with Crippen molar-refractivity contribution >= 4 is 5.97 Å². The molecule has 5 N–H and O–H groups in total. The van der Waals surface area contributed by atoms with Gasteiger partial charge in [-0.3, -0.25) is 0 Å². The molecule has 1 aromatic heterocycles. The van der Waals surface area contributed by atoms with Crippen LogP contribution >= 0.6 is 0 Å². The third kappa shape index (κ3) is 3.26. The number of methoxy groups -OCH3 is 3. The van der Waals surface area contributed by atoms with E-state index in [2.05, 4.69) is 4.98 Å².